The Balaban J connectivity index is 2.29. The molecule has 2 aromatic rings. The van der Waals surface area contributed by atoms with Gasteiger partial charge in [-0.3, -0.25) is 0 Å². The van der Waals surface area contributed by atoms with Gasteiger partial charge >= 0.3 is 0 Å². The van der Waals surface area contributed by atoms with Gasteiger partial charge in [0.2, 0.25) is 0 Å². The molecule has 16 heavy (non-hydrogen) atoms. The van der Waals surface area contributed by atoms with E-state index in [0.29, 0.717) is 14.8 Å². The van der Waals surface area contributed by atoms with E-state index >= 15 is 0 Å². The molecule has 0 bridgehead atoms. The molecule has 0 radical (unpaired) electrons. The van der Waals surface area contributed by atoms with E-state index in [9.17, 15) is 8.42 Å². The standard InChI is InChI=1S/C11H9ClO2S2/c12-10-4-1-3-9(7-10)8-16(13,14)11-5-2-6-15-11/h1-7H,8H2. The molecule has 1 heterocycles. The maximum absolute atomic E-state index is 11.9. The number of thiophene rings is 1. The minimum atomic E-state index is -3.23. The van der Waals surface area contributed by atoms with Gasteiger partial charge in [-0.2, -0.15) is 0 Å². The molecule has 0 aliphatic rings. The Morgan fingerprint density at radius 2 is 2.00 bits per heavy atom. The molecular formula is C11H9ClO2S2. The zero-order valence-corrected chi connectivity index (χ0v) is 10.6. The van der Waals surface area contributed by atoms with Crippen molar-refractivity contribution >= 4 is 32.8 Å². The molecule has 2 nitrogen and oxygen atoms in total. The second kappa shape index (κ2) is 4.57. The lowest BCUT2D eigenvalue weighted by molar-refractivity contribution is 0.597. The Labute approximate surface area is 103 Å². The summed E-state index contributed by atoms with van der Waals surface area (Å²) >= 11 is 7.04. The highest BCUT2D eigenvalue weighted by Gasteiger charge is 2.16. The van der Waals surface area contributed by atoms with Gasteiger partial charge in [-0.25, -0.2) is 8.42 Å². The molecule has 0 fully saturated rings. The van der Waals surface area contributed by atoms with Gasteiger partial charge in [-0.15, -0.1) is 11.3 Å². The quantitative estimate of drug-likeness (QED) is 0.858. The molecule has 0 aliphatic carbocycles. The Kier molecular flexibility index (Phi) is 3.33. The maximum Gasteiger partial charge on any atom is 0.191 e. The largest absolute Gasteiger partial charge is 0.223 e. The molecule has 0 aliphatic heterocycles. The van der Waals surface area contributed by atoms with Crippen molar-refractivity contribution in [3.05, 3.63) is 52.4 Å². The number of sulfone groups is 1. The number of hydrogen-bond acceptors (Lipinski definition) is 3. The van der Waals surface area contributed by atoms with Gasteiger partial charge in [-0.1, -0.05) is 29.8 Å². The smallest absolute Gasteiger partial charge is 0.191 e. The molecule has 84 valence electrons. The minimum absolute atomic E-state index is 0.00588. The molecule has 0 saturated heterocycles. The summed E-state index contributed by atoms with van der Waals surface area (Å²) in [6, 6.07) is 10.3. The van der Waals surface area contributed by atoms with Crippen LogP contribution in [0.15, 0.2) is 46.0 Å². The fraction of sp³-hybridized carbons (Fsp3) is 0.0909. The zero-order chi connectivity index (χ0) is 11.6. The second-order valence-corrected chi connectivity index (χ2v) is 6.92. The fourth-order valence-electron chi connectivity index (χ4n) is 1.36. The fourth-order valence-corrected chi connectivity index (χ4v) is 4.00. The van der Waals surface area contributed by atoms with Crippen molar-refractivity contribution in [2.75, 3.05) is 0 Å². The van der Waals surface area contributed by atoms with Crippen LogP contribution < -0.4 is 0 Å². The third-order valence-corrected chi connectivity index (χ3v) is 5.46. The monoisotopic (exact) mass is 272 g/mol. The van der Waals surface area contributed by atoms with Crippen LogP contribution in [0.1, 0.15) is 5.56 Å². The van der Waals surface area contributed by atoms with Crippen molar-refractivity contribution in [1.82, 2.24) is 0 Å². The van der Waals surface area contributed by atoms with E-state index in [0.717, 1.165) is 0 Å². The van der Waals surface area contributed by atoms with Crippen molar-refractivity contribution in [3.8, 4) is 0 Å². The normalized spacial score (nSPS) is 11.6. The number of benzene rings is 1. The lowest BCUT2D eigenvalue weighted by atomic mass is 10.2. The summed E-state index contributed by atoms with van der Waals surface area (Å²) in [6.07, 6.45) is 0. The van der Waals surface area contributed by atoms with Gasteiger partial charge in [0.1, 0.15) is 4.21 Å². The highest BCUT2D eigenvalue weighted by Crippen LogP contribution is 2.22. The van der Waals surface area contributed by atoms with Gasteiger partial charge < -0.3 is 0 Å². The predicted molar refractivity (Wildman–Crippen MR) is 66.7 cm³/mol. The molecule has 5 heteroatoms. The molecule has 2 rings (SSSR count). The van der Waals surface area contributed by atoms with Crippen LogP contribution in [0.2, 0.25) is 5.02 Å². The summed E-state index contributed by atoms with van der Waals surface area (Å²) in [7, 11) is -3.23. The Morgan fingerprint density at radius 1 is 1.19 bits per heavy atom. The minimum Gasteiger partial charge on any atom is -0.223 e. The maximum atomic E-state index is 11.9. The van der Waals surface area contributed by atoms with E-state index in [1.807, 2.05) is 0 Å². The molecule has 0 unspecified atom stereocenters. The first-order valence-corrected chi connectivity index (χ1v) is 7.50. The van der Waals surface area contributed by atoms with Crippen LogP contribution in [-0.2, 0) is 15.6 Å². The summed E-state index contributed by atoms with van der Waals surface area (Å²) in [6.45, 7) is 0. The second-order valence-electron chi connectivity index (χ2n) is 3.32. The molecular weight excluding hydrogens is 264 g/mol. The van der Waals surface area contributed by atoms with Crippen molar-refractivity contribution in [2.24, 2.45) is 0 Å². The average molecular weight is 273 g/mol. The van der Waals surface area contributed by atoms with Crippen molar-refractivity contribution in [3.63, 3.8) is 0 Å². The first-order chi connectivity index (χ1) is 7.58. The average Bonchev–Trinajstić information content (AvgIpc) is 2.69. The van der Waals surface area contributed by atoms with E-state index < -0.39 is 9.84 Å². The van der Waals surface area contributed by atoms with Crippen LogP contribution >= 0.6 is 22.9 Å². The van der Waals surface area contributed by atoms with E-state index in [1.54, 1.807) is 41.8 Å². The first-order valence-electron chi connectivity index (χ1n) is 4.59. The summed E-state index contributed by atoms with van der Waals surface area (Å²) in [4.78, 5) is 0. The highest BCUT2D eigenvalue weighted by molar-refractivity contribution is 7.92. The SMILES string of the molecule is O=S(=O)(Cc1cccc(Cl)c1)c1cccs1. The molecule has 0 saturated carbocycles. The Bertz CT molecular complexity index is 574. The first kappa shape index (κ1) is 11.6. The lowest BCUT2D eigenvalue weighted by Gasteiger charge is -2.02. The molecule has 0 N–H and O–H groups in total. The summed E-state index contributed by atoms with van der Waals surface area (Å²) in [5.74, 6) is -0.00588. The van der Waals surface area contributed by atoms with Gasteiger partial charge in [0.15, 0.2) is 9.84 Å². The molecule has 0 spiro atoms. The molecule has 1 aromatic heterocycles. The van der Waals surface area contributed by atoms with Gasteiger partial charge in [0.05, 0.1) is 5.75 Å². The van der Waals surface area contributed by atoms with Crippen LogP contribution in [0, 0.1) is 0 Å². The Morgan fingerprint density at radius 3 is 2.62 bits per heavy atom. The third kappa shape index (κ3) is 2.64. The van der Waals surface area contributed by atoms with Gasteiger partial charge in [-0.05, 0) is 29.1 Å². The van der Waals surface area contributed by atoms with Crippen LogP contribution in [0.25, 0.3) is 0 Å². The molecule has 1 aromatic carbocycles. The number of rotatable bonds is 3. The summed E-state index contributed by atoms with van der Waals surface area (Å²) in [5.41, 5.74) is 0.709. The van der Waals surface area contributed by atoms with E-state index in [-0.39, 0.29) is 5.75 Å². The molecule has 0 atom stereocenters. The van der Waals surface area contributed by atoms with Crippen LogP contribution in [0.3, 0.4) is 0 Å². The van der Waals surface area contributed by atoms with Crippen molar-refractivity contribution < 1.29 is 8.42 Å². The zero-order valence-electron chi connectivity index (χ0n) is 8.26. The van der Waals surface area contributed by atoms with Crippen molar-refractivity contribution in [2.45, 2.75) is 9.96 Å². The number of halogens is 1. The summed E-state index contributed by atoms with van der Waals surface area (Å²) < 4.78 is 24.3. The molecule has 0 amide bonds. The Hall–Kier alpha value is -0.840. The van der Waals surface area contributed by atoms with Crippen LogP contribution in [-0.4, -0.2) is 8.42 Å². The highest BCUT2D eigenvalue weighted by atomic mass is 35.5. The lowest BCUT2D eigenvalue weighted by Crippen LogP contribution is -2.02. The third-order valence-electron chi connectivity index (χ3n) is 2.05. The predicted octanol–water partition coefficient (Wildman–Crippen LogP) is 3.38. The van der Waals surface area contributed by atoms with E-state index in [4.69, 9.17) is 11.6 Å². The van der Waals surface area contributed by atoms with Crippen LogP contribution in [0.5, 0.6) is 0 Å². The van der Waals surface area contributed by atoms with Crippen molar-refractivity contribution in [1.29, 1.82) is 0 Å². The summed E-state index contributed by atoms with van der Waals surface area (Å²) in [5, 5.41) is 2.31. The topological polar surface area (TPSA) is 34.1 Å². The van der Waals surface area contributed by atoms with Gasteiger partial charge in [0, 0.05) is 5.02 Å². The van der Waals surface area contributed by atoms with Gasteiger partial charge in [0.25, 0.3) is 0 Å². The number of hydrogen-bond donors (Lipinski definition) is 0. The van der Waals surface area contributed by atoms with E-state index in [1.165, 1.54) is 11.3 Å². The van der Waals surface area contributed by atoms with E-state index in [2.05, 4.69) is 0 Å². The van der Waals surface area contributed by atoms with Crippen LogP contribution in [0.4, 0.5) is 0 Å².